The fourth-order valence-corrected chi connectivity index (χ4v) is 3.44. The Kier molecular flexibility index (Phi) is 3.57. The fourth-order valence-electron chi connectivity index (χ4n) is 1.63. The first kappa shape index (κ1) is 13.0. The van der Waals surface area contributed by atoms with Crippen LogP contribution in [0.5, 0.6) is 0 Å². The van der Waals surface area contributed by atoms with Gasteiger partial charge < -0.3 is 9.84 Å². The summed E-state index contributed by atoms with van der Waals surface area (Å²) in [5.74, 6) is -2.95. The molecule has 0 amide bonds. The minimum absolute atomic E-state index is 0.0440. The van der Waals surface area contributed by atoms with Crippen LogP contribution in [-0.4, -0.2) is 44.1 Å². The van der Waals surface area contributed by atoms with Gasteiger partial charge in [-0.2, -0.15) is 0 Å². The van der Waals surface area contributed by atoms with Gasteiger partial charge in [0.25, 0.3) is 0 Å². The molecule has 0 aromatic rings. The molecule has 0 atom stereocenters. The molecular weight excluding hydrogens is 236 g/mol. The first-order valence-electron chi connectivity index (χ1n) is 4.78. The number of rotatable bonds is 6. The molecule has 0 unspecified atom stereocenters. The summed E-state index contributed by atoms with van der Waals surface area (Å²) in [4.78, 5) is 21.4. The molecule has 0 heterocycles. The highest BCUT2D eigenvalue weighted by Crippen LogP contribution is 2.50. The molecule has 92 valence electrons. The van der Waals surface area contributed by atoms with Gasteiger partial charge in [0.15, 0.2) is 9.84 Å². The first-order valence-corrected chi connectivity index (χ1v) is 6.60. The molecular formula is C9H14O6S. The number of aliphatic carboxylic acids is 1. The van der Waals surface area contributed by atoms with Crippen LogP contribution in [0.3, 0.4) is 0 Å². The zero-order valence-corrected chi connectivity index (χ0v) is 9.75. The third-order valence-electron chi connectivity index (χ3n) is 2.57. The molecule has 0 radical (unpaired) electrons. The predicted octanol–water partition coefficient (Wildman–Crippen LogP) is -0.171. The van der Waals surface area contributed by atoms with Gasteiger partial charge in [-0.15, -0.1) is 0 Å². The van der Waals surface area contributed by atoms with Crippen molar-refractivity contribution in [3.8, 4) is 0 Å². The van der Waals surface area contributed by atoms with E-state index in [1.165, 1.54) is 7.11 Å². The molecule has 1 saturated carbocycles. The Morgan fingerprint density at radius 2 is 1.94 bits per heavy atom. The number of carbonyl (C=O) groups is 2. The van der Waals surface area contributed by atoms with Crippen LogP contribution in [0.2, 0.25) is 0 Å². The SMILES string of the molecule is COC(=O)CC1(CS(=O)(=O)CC(=O)O)CC1. The van der Waals surface area contributed by atoms with E-state index < -0.39 is 32.9 Å². The van der Waals surface area contributed by atoms with Gasteiger partial charge in [0.05, 0.1) is 19.3 Å². The Labute approximate surface area is 93.5 Å². The normalized spacial score (nSPS) is 17.8. The molecule has 1 aliphatic rings. The van der Waals surface area contributed by atoms with Crippen LogP contribution in [0.4, 0.5) is 0 Å². The van der Waals surface area contributed by atoms with Gasteiger partial charge in [-0.05, 0) is 18.3 Å². The van der Waals surface area contributed by atoms with Gasteiger partial charge in [-0.25, -0.2) is 8.42 Å². The lowest BCUT2D eigenvalue weighted by Gasteiger charge is -2.12. The van der Waals surface area contributed by atoms with E-state index in [9.17, 15) is 18.0 Å². The lowest BCUT2D eigenvalue weighted by molar-refractivity contribution is -0.141. The number of hydrogen-bond donors (Lipinski definition) is 1. The Bertz CT molecular complexity index is 392. The summed E-state index contributed by atoms with van der Waals surface area (Å²) in [5.41, 5.74) is -0.582. The topological polar surface area (TPSA) is 97.7 Å². The zero-order chi connectivity index (χ0) is 12.4. The highest BCUT2D eigenvalue weighted by molar-refractivity contribution is 7.92. The molecule has 0 spiro atoms. The Morgan fingerprint density at radius 1 is 1.38 bits per heavy atom. The summed E-state index contributed by atoms with van der Waals surface area (Å²) in [5, 5.41) is 8.42. The number of ether oxygens (including phenoxy) is 1. The summed E-state index contributed by atoms with van der Waals surface area (Å²) >= 11 is 0. The van der Waals surface area contributed by atoms with Crippen molar-refractivity contribution in [2.24, 2.45) is 5.41 Å². The van der Waals surface area contributed by atoms with Crippen molar-refractivity contribution < 1.29 is 27.9 Å². The quantitative estimate of drug-likeness (QED) is 0.657. The van der Waals surface area contributed by atoms with Crippen LogP contribution in [-0.2, 0) is 24.2 Å². The maximum absolute atomic E-state index is 11.4. The van der Waals surface area contributed by atoms with Crippen LogP contribution < -0.4 is 0 Å². The third-order valence-corrected chi connectivity index (χ3v) is 4.31. The van der Waals surface area contributed by atoms with Crippen LogP contribution in [0.25, 0.3) is 0 Å². The van der Waals surface area contributed by atoms with Crippen molar-refractivity contribution in [3.05, 3.63) is 0 Å². The van der Waals surface area contributed by atoms with Gasteiger partial charge in [-0.3, -0.25) is 9.59 Å². The average Bonchev–Trinajstić information content (AvgIpc) is 2.80. The van der Waals surface area contributed by atoms with Crippen LogP contribution in [0, 0.1) is 5.41 Å². The van der Waals surface area contributed by atoms with E-state index in [-0.39, 0.29) is 12.2 Å². The second-order valence-electron chi connectivity index (χ2n) is 4.18. The standard InChI is InChI=1S/C9H14O6S/c1-15-8(12)4-9(2-3-9)6-16(13,14)5-7(10)11/h2-6H2,1H3,(H,10,11). The Morgan fingerprint density at radius 3 is 2.31 bits per heavy atom. The highest BCUT2D eigenvalue weighted by Gasteiger charge is 2.48. The minimum atomic E-state index is -3.64. The maximum Gasteiger partial charge on any atom is 0.318 e. The van der Waals surface area contributed by atoms with Crippen LogP contribution in [0.1, 0.15) is 19.3 Å². The number of carbonyl (C=O) groups excluding carboxylic acids is 1. The Hall–Kier alpha value is -1.11. The second-order valence-corrected chi connectivity index (χ2v) is 6.24. The van der Waals surface area contributed by atoms with Crippen molar-refractivity contribution in [1.82, 2.24) is 0 Å². The highest BCUT2D eigenvalue weighted by atomic mass is 32.2. The van der Waals surface area contributed by atoms with Gasteiger partial charge in [-0.1, -0.05) is 0 Å². The number of carboxylic acid groups (broad SMARTS) is 1. The molecule has 1 N–H and O–H groups in total. The zero-order valence-electron chi connectivity index (χ0n) is 8.93. The lowest BCUT2D eigenvalue weighted by atomic mass is 10.1. The molecule has 1 rings (SSSR count). The molecule has 0 saturated heterocycles. The minimum Gasteiger partial charge on any atom is -0.480 e. The van der Waals surface area contributed by atoms with E-state index in [1.807, 2.05) is 0 Å². The van der Waals surface area contributed by atoms with Crippen molar-refractivity contribution in [1.29, 1.82) is 0 Å². The van der Waals surface area contributed by atoms with Crippen molar-refractivity contribution >= 4 is 21.8 Å². The van der Waals surface area contributed by atoms with Crippen molar-refractivity contribution in [2.75, 3.05) is 18.6 Å². The van der Waals surface area contributed by atoms with Crippen molar-refractivity contribution in [2.45, 2.75) is 19.3 Å². The van der Waals surface area contributed by atoms with E-state index in [0.29, 0.717) is 12.8 Å². The number of hydrogen-bond acceptors (Lipinski definition) is 5. The third kappa shape index (κ3) is 3.80. The molecule has 0 aromatic heterocycles. The number of methoxy groups -OCH3 is 1. The molecule has 0 aliphatic heterocycles. The van der Waals surface area contributed by atoms with Crippen LogP contribution >= 0.6 is 0 Å². The summed E-state index contributed by atoms with van der Waals surface area (Å²) in [6.07, 6.45) is 1.30. The molecule has 0 bridgehead atoms. The summed E-state index contributed by atoms with van der Waals surface area (Å²) in [7, 11) is -2.40. The summed E-state index contributed by atoms with van der Waals surface area (Å²) < 4.78 is 27.3. The van der Waals surface area contributed by atoms with E-state index in [4.69, 9.17) is 5.11 Å². The lowest BCUT2D eigenvalue weighted by Crippen LogP contribution is -2.26. The fraction of sp³-hybridized carbons (Fsp3) is 0.778. The maximum atomic E-state index is 11.4. The monoisotopic (exact) mass is 250 g/mol. The molecule has 16 heavy (non-hydrogen) atoms. The second kappa shape index (κ2) is 4.40. The van der Waals surface area contributed by atoms with E-state index in [1.54, 1.807) is 0 Å². The van der Waals surface area contributed by atoms with Crippen molar-refractivity contribution in [3.63, 3.8) is 0 Å². The Balaban J connectivity index is 2.60. The van der Waals surface area contributed by atoms with Gasteiger partial charge in [0.1, 0.15) is 5.75 Å². The molecule has 0 aromatic carbocycles. The number of sulfone groups is 1. The van der Waals surface area contributed by atoms with Gasteiger partial charge in [0, 0.05) is 0 Å². The summed E-state index contributed by atoms with van der Waals surface area (Å²) in [6.45, 7) is 0. The number of carboxylic acids is 1. The average molecular weight is 250 g/mol. The van der Waals surface area contributed by atoms with Gasteiger partial charge in [0.2, 0.25) is 0 Å². The predicted molar refractivity (Wildman–Crippen MR) is 54.6 cm³/mol. The molecule has 1 fully saturated rings. The van der Waals surface area contributed by atoms with E-state index >= 15 is 0 Å². The molecule has 7 heteroatoms. The number of esters is 1. The first-order chi connectivity index (χ1) is 7.29. The van der Waals surface area contributed by atoms with Gasteiger partial charge >= 0.3 is 11.9 Å². The smallest absolute Gasteiger partial charge is 0.318 e. The largest absolute Gasteiger partial charge is 0.480 e. The molecule has 6 nitrogen and oxygen atoms in total. The van der Waals surface area contributed by atoms with Crippen LogP contribution in [0.15, 0.2) is 0 Å². The van der Waals surface area contributed by atoms with E-state index in [2.05, 4.69) is 4.74 Å². The van der Waals surface area contributed by atoms with E-state index in [0.717, 1.165) is 0 Å². The molecule has 1 aliphatic carbocycles. The summed E-state index contributed by atoms with van der Waals surface area (Å²) in [6, 6.07) is 0.